The van der Waals surface area contributed by atoms with Crippen molar-refractivity contribution in [3.8, 4) is 6.19 Å². The van der Waals surface area contributed by atoms with E-state index in [2.05, 4.69) is 0 Å². The molecule has 0 aliphatic heterocycles. The number of amides is 1. The van der Waals surface area contributed by atoms with Crippen LogP contribution in [0.15, 0.2) is 22.8 Å². The van der Waals surface area contributed by atoms with Crippen LogP contribution < -0.4 is 5.32 Å². The first-order valence-corrected chi connectivity index (χ1v) is 3.53. The minimum atomic E-state index is -0.283. The van der Waals surface area contributed by atoms with Crippen molar-refractivity contribution in [1.29, 1.82) is 5.26 Å². The van der Waals surface area contributed by atoms with Crippen LogP contribution in [0, 0.1) is 11.5 Å². The zero-order valence-corrected chi connectivity index (χ0v) is 6.41. The average molecular weight is 164 g/mol. The van der Waals surface area contributed by atoms with Crippen LogP contribution in [0.4, 0.5) is 0 Å². The van der Waals surface area contributed by atoms with E-state index in [9.17, 15) is 4.79 Å². The summed E-state index contributed by atoms with van der Waals surface area (Å²) in [4.78, 5) is 10.8. The summed E-state index contributed by atoms with van der Waals surface area (Å²) in [5.74, 6) is 0.469. The molecule has 1 rings (SSSR count). The van der Waals surface area contributed by atoms with E-state index in [1.165, 1.54) is 0 Å². The zero-order chi connectivity index (χ0) is 8.81. The number of rotatable bonds is 3. The van der Waals surface area contributed by atoms with Crippen LogP contribution in [0.1, 0.15) is 12.2 Å². The Balaban J connectivity index is 2.28. The van der Waals surface area contributed by atoms with E-state index in [-0.39, 0.29) is 12.3 Å². The number of carbonyl (C=O) groups is 1. The third-order valence-corrected chi connectivity index (χ3v) is 1.37. The van der Waals surface area contributed by atoms with Gasteiger partial charge in [0.25, 0.3) is 0 Å². The summed E-state index contributed by atoms with van der Waals surface area (Å²) in [7, 11) is 0. The molecule has 4 heteroatoms. The van der Waals surface area contributed by atoms with Crippen molar-refractivity contribution in [2.45, 2.75) is 12.8 Å². The predicted octanol–water partition coefficient (Wildman–Crippen LogP) is 0.809. The largest absolute Gasteiger partial charge is 0.469 e. The highest BCUT2D eigenvalue weighted by molar-refractivity contribution is 5.77. The number of carbonyl (C=O) groups excluding carboxylic acids is 1. The summed E-state index contributed by atoms with van der Waals surface area (Å²) < 4.78 is 5.00. The van der Waals surface area contributed by atoms with Crippen molar-refractivity contribution in [3.63, 3.8) is 0 Å². The second-order valence-electron chi connectivity index (χ2n) is 2.24. The Morgan fingerprint density at radius 1 is 1.75 bits per heavy atom. The minimum Gasteiger partial charge on any atom is -0.469 e. The molecule has 0 aliphatic rings. The average Bonchev–Trinajstić information content (AvgIpc) is 2.53. The van der Waals surface area contributed by atoms with Crippen LogP contribution >= 0.6 is 0 Å². The van der Waals surface area contributed by atoms with Gasteiger partial charge in [0, 0.05) is 12.8 Å². The molecule has 1 aromatic rings. The maximum Gasteiger partial charge on any atom is 0.233 e. The molecule has 0 aliphatic carbocycles. The summed E-state index contributed by atoms with van der Waals surface area (Å²) in [6, 6.07) is 3.55. The summed E-state index contributed by atoms with van der Waals surface area (Å²) in [6.45, 7) is 0. The lowest BCUT2D eigenvalue weighted by Crippen LogP contribution is -2.17. The molecule has 0 radical (unpaired) electrons. The molecule has 1 N–H and O–H groups in total. The fourth-order valence-corrected chi connectivity index (χ4v) is 0.816. The monoisotopic (exact) mass is 164 g/mol. The molecule has 0 spiro atoms. The van der Waals surface area contributed by atoms with Gasteiger partial charge in [-0.25, -0.2) is 0 Å². The van der Waals surface area contributed by atoms with Crippen molar-refractivity contribution in [2.75, 3.05) is 0 Å². The number of aryl methyl sites for hydroxylation is 1. The van der Waals surface area contributed by atoms with E-state index in [1.54, 1.807) is 24.6 Å². The van der Waals surface area contributed by atoms with E-state index in [4.69, 9.17) is 9.68 Å². The van der Waals surface area contributed by atoms with Crippen LogP contribution in [-0.2, 0) is 11.2 Å². The van der Waals surface area contributed by atoms with Gasteiger partial charge in [-0.2, -0.15) is 5.26 Å². The lowest BCUT2D eigenvalue weighted by molar-refractivity contribution is -0.120. The van der Waals surface area contributed by atoms with Crippen molar-refractivity contribution >= 4 is 5.91 Å². The Bertz CT molecular complexity index is 285. The van der Waals surface area contributed by atoms with E-state index in [0.717, 1.165) is 5.76 Å². The first kappa shape index (κ1) is 8.34. The number of hydrogen-bond donors (Lipinski definition) is 1. The molecule has 12 heavy (non-hydrogen) atoms. The van der Waals surface area contributed by atoms with Gasteiger partial charge in [-0.05, 0) is 12.1 Å². The molecule has 0 unspecified atom stereocenters. The smallest absolute Gasteiger partial charge is 0.233 e. The summed E-state index contributed by atoms with van der Waals surface area (Å²) in [6.07, 6.45) is 3.93. The van der Waals surface area contributed by atoms with Crippen LogP contribution in [-0.4, -0.2) is 5.91 Å². The van der Waals surface area contributed by atoms with Gasteiger partial charge in [0.15, 0.2) is 6.19 Å². The first-order valence-electron chi connectivity index (χ1n) is 3.53. The van der Waals surface area contributed by atoms with Gasteiger partial charge in [-0.1, -0.05) is 0 Å². The van der Waals surface area contributed by atoms with Crippen molar-refractivity contribution in [1.82, 2.24) is 5.32 Å². The molecular weight excluding hydrogens is 156 g/mol. The standard InChI is InChI=1S/C8H8N2O2/c9-6-10-8(11)4-3-7-2-1-5-12-7/h1-2,5H,3-4H2,(H,10,11). The summed E-state index contributed by atoms with van der Waals surface area (Å²) in [5.41, 5.74) is 0. The third-order valence-electron chi connectivity index (χ3n) is 1.37. The fourth-order valence-electron chi connectivity index (χ4n) is 0.816. The van der Waals surface area contributed by atoms with Crippen LogP contribution in [0.25, 0.3) is 0 Å². The normalized spacial score (nSPS) is 8.92. The van der Waals surface area contributed by atoms with Gasteiger partial charge >= 0.3 is 0 Å². The molecule has 0 bridgehead atoms. The highest BCUT2D eigenvalue weighted by atomic mass is 16.3. The Kier molecular flexibility index (Phi) is 2.91. The van der Waals surface area contributed by atoms with Crippen molar-refractivity contribution < 1.29 is 9.21 Å². The second kappa shape index (κ2) is 4.19. The predicted molar refractivity (Wildman–Crippen MR) is 40.8 cm³/mol. The SMILES string of the molecule is N#CNC(=O)CCc1ccco1. The lowest BCUT2D eigenvalue weighted by atomic mass is 10.2. The Hall–Kier alpha value is -1.76. The molecule has 1 aromatic heterocycles. The quantitative estimate of drug-likeness (QED) is 0.531. The van der Waals surface area contributed by atoms with Gasteiger partial charge in [0.2, 0.25) is 5.91 Å². The van der Waals surface area contributed by atoms with Gasteiger partial charge < -0.3 is 4.42 Å². The maximum atomic E-state index is 10.8. The molecule has 0 fully saturated rings. The second-order valence-corrected chi connectivity index (χ2v) is 2.24. The van der Waals surface area contributed by atoms with Gasteiger partial charge in [0.1, 0.15) is 5.76 Å². The van der Waals surface area contributed by atoms with Crippen LogP contribution in [0.3, 0.4) is 0 Å². The van der Waals surface area contributed by atoms with Crippen molar-refractivity contribution in [2.24, 2.45) is 0 Å². The molecule has 4 nitrogen and oxygen atoms in total. The molecular formula is C8H8N2O2. The lowest BCUT2D eigenvalue weighted by Gasteiger charge is -1.93. The minimum absolute atomic E-state index is 0.279. The van der Waals surface area contributed by atoms with Gasteiger partial charge in [-0.15, -0.1) is 0 Å². The van der Waals surface area contributed by atoms with E-state index >= 15 is 0 Å². The molecule has 62 valence electrons. The fraction of sp³-hybridized carbons (Fsp3) is 0.250. The zero-order valence-electron chi connectivity index (χ0n) is 6.41. The van der Waals surface area contributed by atoms with Crippen LogP contribution in [0.5, 0.6) is 0 Å². The maximum absolute atomic E-state index is 10.8. The Morgan fingerprint density at radius 3 is 3.17 bits per heavy atom. The van der Waals surface area contributed by atoms with E-state index in [1.807, 2.05) is 5.32 Å². The number of nitrogens with one attached hydrogen (secondary N) is 1. The summed E-state index contributed by atoms with van der Waals surface area (Å²) >= 11 is 0. The molecule has 0 saturated carbocycles. The molecule has 1 heterocycles. The number of nitriles is 1. The Labute approximate surface area is 69.8 Å². The molecule has 0 atom stereocenters. The van der Waals surface area contributed by atoms with E-state index < -0.39 is 0 Å². The molecule has 1 amide bonds. The van der Waals surface area contributed by atoms with Crippen LogP contribution in [0.2, 0.25) is 0 Å². The highest BCUT2D eigenvalue weighted by Crippen LogP contribution is 2.02. The number of nitrogens with zero attached hydrogens (tertiary/aromatic N) is 1. The van der Waals surface area contributed by atoms with Gasteiger partial charge in [-0.3, -0.25) is 10.1 Å². The van der Waals surface area contributed by atoms with Gasteiger partial charge in [0.05, 0.1) is 6.26 Å². The van der Waals surface area contributed by atoms with Crippen molar-refractivity contribution in [3.05, 3.63) is 24.2 Å². The Morgan fingerprint density at radius 2 is 2.58 bits per heavy atom. The summed E-state index contributed by atoms with van der Waals surface area (Å²) in [5, 5.41) is 10.1. The molecule has 0 aromatic carbocycles. The first-order chi connectivity index (χ1) is 5.83. The molecule has 0 saturated heterocycles. The number of hydrogen-bond acceptors (Lipinski definition) is 3. The topological polar surface area (TPSA) is 66.0 Å². The van der Waals surface area contributed by atoms with E-state index in [0.29, 0.717) is 6.42 Å². The number of furan rings is 1. The third kappa shape index (κ3) is 2.46. The highest BCUT2D eigenvalue weighted by Gasteiger charge is 2.01.